The van der Waals surface area contributed by atoms with Crippen molar-refractivity contribution in [1.82, 2.24) is 4.57 Å². The zero-order valence-electron chi connectivity index (χ0n) is 11.2. The van der Waals surface area contributed by atoms with Gasteiger partial charge in [-0.25, -0.2) is 9.18 Å². The van der Waals surface area contributed by atoms with Gasteiger partial charge in [0, 0.05) is 5.39 Å². The molecule has 0 saturated heterocycles. The number of hydrogen-bond donors (Lipinski definition) is 1. The first-order chi connectivity index (χ1) is 10.1. The number of fused-ring (bicyclic) bond motifs is 1. The first kappa shape index (κ1) is 13.1. The van der Waals surface area contributed by atoms with Crippen molar-refractivity contribution in [3.8, 4) is 0 Å². The normalized spacial score (nSPS) is 11.3. The number of nitrogens with two attached hydrogens (primary N) is 1. The largest absolute Gasteiger partial charge is 0.351 e. The van der Waals surface area contributed by atoms with Gasteiger partial charge >= 0.3 is 6.03 Å². The zero-order valence-corrected chi connectivity index (χ0v) is 11.2. The number of hydrogen-bond acceptors (Lipinski definition) is 1. The molecule has 3 rings (SSSR count). The molecule has 0 aliphatic carbocycles. The maximum atomic E-state index is 12.9. The van der Waals surface area contributed by atoms with Gasteiger partial charge in [-0.3, -0.25) is 4.57 Å². The van der Waals surface area contributed by atoms with Gasteiger partial charge in [0.1, 0.15) is 5.82 Å². The number of carbonyl (C=O) groups is 1. The first-order valence-corrected chi connectivity index (χ1v) is 6.49. The standard InChI is InChI=1S/C17H13FN2O/c18-14-8-5-12(6-9-14)7-10-15-11-13-3-1-2-4-16(13)20(15)17(19)21/h1-11H,(H2,19,21)/b10-7+. The number of nitrogens with zero attached hydrogens (tertiary/aromatic N) is 1. The molecule has 0 aliphatic heterocycles. The molecule has 3 nitrogen and oxygen atoms in total. The van der Waals surface area contributed by atoms with Crippen LogP contribution in [0.4, 0.5) is 9.18 Å². The molecular formula is C17H13FN2O. The van der Waals surface area contributed by atoms with Gasteiger partial charge in [-0.1, -0.05) is 36.4 Å². The summed E-state index contributed by atoms with van der Waals surface area (Å²) in [4.78, 5) is 11.7. The van der Waals surface area contributed by atoms with Crippen LogP contribution in [-0.4, -0.2) is 10.6 Å². The van der Waals surface area contributed by atoms with Crippen molar-refractivity contribution in [2.24, 2.45) is 5.73 Å². The minimum Gasteiger partial charge on any atom is -0.351 e. The lowest BCUT2D eigenvalue weighted by atomic mass is 10.2. The smallest absolute Gasteiger partial charge is 0.323 e. The Bertz CT molecular complexity index is 832. The molecule has 0 unspecified atom stereocenters. The second-order valence-electron chi connectivity index (χ2n) is 4.69. The highest BCUT2D eigenvalue weighted by atomic mass is 19.1. The molecular weight excluding hydrogens is 267 g/mol. The van der Waals surface area contributed by atoms with E-state index in [0.717, 1.165) is 16.5 Å². The van der Waals surface area contributed by atoms with Crippen molar-refractivity contribution in [1.29, 1.82) is 0 Å². The van der Waals surface area contributed by atoms with Crippen LogP contribution in [0.25, 0.3) is 23.1 Å². The molecule has 0 saturated carbocycles. The molecule has 2 N–H and O–H groups in total. The maximum absolute atomic E-state index is 12.9. The topological polar surface area (TPSA) is 48.0 Å². The lowest BCUT2D eigenvalue weighted by molar-refractivity contribution is 0.251. The van der Waals surface area contributed by atoms with Crippen molar-refractivity contribution in [2.75, 3.05) is 0 Å². The molecule has 3 aromatic rings. The van der Waals surface area contributed by atoms with Crippen LogP contribution in [0.3, 0.4) is 0 Å². The molecule has 1 aromatic heterocycles. The minimum absolute atomic E-state index is 0.279. The van der Waals surface area contributed by atoms with Crippen LogP contribution in [0, 0.1) is 5.82 Å². The number of carbonyl (C=O) groups excluding carboxylic acids is 1. The fourth-order valence-electron chi connectivity index (χ4n) is 2.30. The Hall–Kier alpha value is -2.88. The molecule has 0 atom stereocenters. The molecule has 104 valence electrons. The summed E-state index contributed by atoms with van der Waals surface area (Å²) >= 11 is 0. The van der Waals surface area contributed by atoms with E-state index in [1.807, 2.05) is 36.4 Å². The summed E-state index contributed by atoms with van der Waals surface area (Å²) in [6.07, 6.45) is 3.60. The Kier molecular flexibility index (Phi) is 3.28. The summed E-state index contributed by atoms with van der Waals surface area (Å²) in [5.41, 5.74) is 7.75. The van der Waals surface area contributed by atoms with Crippen LogP contribution in [-0.2, 0) is 0 Å². The monoisotopic (exact) mass is 280 g/mol. The third kappa shape index (κ3) is 2.56. The van der Waals surface area contributed by atoms with E-state index in [1.165, 1.54) is 16.7 Å². The summed E-state index contributed by atoms with van der Waals surface area (Å²) < 4.78 is 14.3. The van der Waals surface area contributed by atoms with Gasteiger partial charge in [-0.15, -0.1) is 0 Å². The SMILES string of the molecule is NC(=O)n1c(/C=C/c2ccc(F)cc2)cc2ccccc21. The molecule has 4 heteroatoms. The summed E-state index contributed by atoms with van der Waals surface area (Å²) in [7, 11) is 0. The number of rotatable bonds is 2. The average Bonchev–Trinajstić information content (AvgIpc) is 2.85. The highest BCUT2D eigenvalue weighted by Crippen LogP contribution is 2.21. The fraction of sp³-hybridized carbons (Fsp3) is 0. The minimum atomic E-state index is -0.532. The van der Waals surface area contributed by atoms with Crippen LogP contribution < -0.4 is 5.73 Å². The van der Waals surface area contributed by atoms with E-state index in [1.54, 1.807) is 18.2 Å². The molecule has 2 aromatic carbocycles. The van der Waals surface area contributed by atoms with Gasteiger partial charge in [0.25, 0.3) is 0 Å². The third-order valence-electron chi connectivity index (χ3n) is 3.28. The van der Waals surface area contributed by atoms with E-state index in [4.69, 9.17) is 5.73 Å². The van der Waals surface area contributed by atoms with Gasteiger partial charge in [0.15, 0.2) is 0 Å². The van der Waals surface area contributed by atoms with E-state index in [0.29, 0.717) is 5.69 Å². The van der Waals surface area contributed by atoms with Crippen LogP contribution in [0.1, 0.15) is 11.3 Å². The molecule has 1 heterocycles. The Morgan fingerprint density at radius 1 is 1.05 bits per heavy atom. The quantitative estimate of drug-likeness (QED) is 0.761. The highest BCUT2D eigenvalue weighted by Gasteiger charge is 2.09. The van der Waals surface area contributed by atoms with Crippen molar-refractivity contribution >= 4 is 29.1 Å². The van der Waals surface area contributed by atoms with Crippen molar-refractivity contribution in [3.05, 3.63) is 71.7 Å². The number of para-hydroxylation sites is 1. The van der Waals surface area contributed by atoms with Crippen molar-refractivity contribution < 1.29 is 9.18 Å². The van der Waals surface area contributed by atoms with E-state index in [2.05, 4.69) is 0 Å². The van der Waals surface area contributed by atoms with Crippen LogP contribution in [0.15, 0.2) is 54.6 Å². The summed E-state index contributed by atoms with van der Waals surface area (Å²) in [5, 5.41) is 0.940. The van der Waals surface area contributed by atoms with Crippen LogP contribution in [0.5, 0.6) is 0 Å². The number of amides is 1. The summed E-state index contributed by atoms with van der Waals surface area (Å²) in [6.45, 7) is 0. The molecule has 21 heavy (non-hydrogen) atoms. The average molecular weight is 280 g/mol. The molecule has 0 bridgehead atoms. The highest BCUT2D eigenvalue weighted by molar-refractivity contribution is 5.95. The second-order valence-corrected chi connectivity index (χ2v) is 4.69. The molecule has 0 spiro atoms. The van der Waals surface area contributed by atoms with Crippen molar-refractivity contribution in [2.45, 2.75) is 0 Å². The van der Waals surface area contributed by atoms with E-state index in [-0.39, 0.29) is 5.82 Å². The molecule has 0 radical (unpaired) electrons. The van der Waals surface area contributed by atoms with Gasteiger partial charge in [-0.2, -0.15) is 0 Å². The Balaban J connectivity index is 2.05. The molecule has 0 fully saturated rings. The lowest BCUT2D eigenvalue weighted by Crippen LogP contribution is -2.20. The van der Waals surface area contributed by atoms with Gasteiger partial charge in [-0.05, 0) is 35.9 Å². The predicted molar refractivity (Wildman–Crippen MR) is 82.2 cm³/mol. The third-order valence-corrected chi connectivity index (χ3v) is 3.28. The summed E-state index contributed by atoms with van der Waals surface area (Å²) in [6, 6.07) is 15.0. The number of halogens is 1. The Labute approximate surface area is 121 Å². The first-order valence-electron chi connectivity index (χ1n) is 6.49. The Morgan fingerprint density at radius 2 is 1.76 bits per heavy atom. The van der Waals surface area contributed by atoms with E-state index in [9.17, 15) is 9.18 Å². The van der Waals surface area contributed by atoms with Gasteiger partial charge in [0.05, 0.1) is 11.2 Å². The molecule has 0 aliphatic rings. The zero-order chi connectivity index (χ0) is 14.8. The summed E-state index contributed by atoms with van der Waals surface area (Å²) in [5.74, 6) is -0.279. The Morgan fingerprint density at radius 3 is 2.48 bits per heavy atom. The number of benzene rings is 2. The van der Waals surface area contributed by atoms with Crippen LogP contribution >= 0.6 is 0 Å². The van der Waals surface area contributed by atoms with Crippen LogP contribution in [0.2, 0.25) is 0 Å². The van der Waals surface area contributed by atoms with Crippen molar-refractivity contribution in [3.63, 3.8) is 0 Å². The van der Waals surface area contributed by atoms with Gasteiger partial charge < -0.3 is 5.73 Å². The predicted octanol–water partition coefficient (Wildman–Crippen LogP) is 3.88. The van der Waals surface area contributed by atoms with Gasteiger partial charge in [0.2, 0.25) is 0 Å². The second kappa shape index (κ2) is 5.25. The lowest BCUT2D eigenvalue weighted by Gasteiger charge is -2.02. The maximum Gasteiger partial charge on any atom is 0.323 e. The number of aromatic nitrogens is 1. The number of primary amides is 1. The molecule has 1 amide bonds. The fourth-order valence-corrected chi connectivity index (χ4v) is 2.30. The van der Waals surface area contributed by atoms with E-state index < -0.39 is 6.03 Å². The van der Waals surface area contributed by atoms with E-state index >= 15 is 0 Å².